The molecule has 1 atom stereocenters. The predicted octanol–water partition coefficient (Wildman–Crippen LogP) is 2.37. The minimum atomic E-state index is 0.183. The first-order valence-corrected chi connectivity index (χ1v) is 6.92. The molecule has 17 heavy (non-hydrogen) atoms. The van der Waals surface area contributed by atoms with Gasteiger partial charge in [0.15, 0.2) is 0 Å². The van der Waals surface area contributed by atoms with E-state index in [1.54, 1.807) is 11.3 Å². The van der Waals surface area contributed by atoms with Gasteiger partial charge in [0.2, 0.25) is 0 Å². The average Bonchev–Trinajstić information content (AvgIpc) is 2.87. The van der Waals surface area contributed by atoms with E-state index < -0.39 is 0 Å². The Bertz CT molecular complexity index is 472. The highest BCUT2D eigenvalue weighted by Crippen LogP contribution is 2.38. The number of imidazole rings is 1. The zero-order valence-electron chi connectivity index (χ0n) is 9.84. The topological polar surface area (TPSA) is 42.7 Å². The molecule has 0 aliphatic heterocycles. The molecule has 2 heterocycles. The van der Waals surface area contributed by atoms with Crippen LogP contribution in [0.25, 0.3) is 0 Å². The van der Waals surface area contributed by atoms with Crippen molar-refractivity contribution >= 4 is 11.3 Å². The number of nitrogens with zero attached hydrogens (tertiary/aromatic N) is 3. The van der Waals surface area contributed by atoms with E-state index in [-0.39, 0.29) is 6.04 Å². The maximum absolute atomic E-state index is 4.43. The third-order valence-electron chi connectivity index (χ3n) is 3.04. The number of rotatable bonds is 5. The van der Waals surface area contributed by atoms with E-state index in [4.69, 9.17) is 0 Å². The fourth-order valence-corrected chi connectivity index (χ4v) is 2.82. The summed E-state index contributed by atoms with van der Waals surface area (Å²) >= 11 is 1.70. The van der Waals surface area contributed by atoms with E-state index in [0.717, 1.165) is 11.6 Å². The minimum absolute atomic E-state index is 0.183. The molecule has 0 bridgehead atoms. The van der Waals surface area contributed by atoms with E-state index in [1.165, 1.54) is 18.5 Å². The Morgan fingerprint density at radius 3 is 3.12 bits per heavy atom. The first-order chi connectivity index (χ1) is 8.40. The molecule has 1 unspecified atom stereocenters. The first-order valence-electron chi connectivity index (χ1n) is 6.04. The van der Waals surface area contributed by atoms with Crippen molar-refractivity contribution in [3.8, 4) is 0 Å². The van der Waals surface area contributed by atoms with Gasteiger partial charge in [-0.25, -0.2) is 9.97 Å². The van der Waals surface area contributed by atoms with Crippen LogP contribution in [-0.2, 0) is 0 Å². The molecule has 1 N–H and O–H groups in total. The van der Waals surface area contributed by atoms with Gasteiger partial charge in [0.25, 0.3) is 0 Å². The number of nitrogens with one attached hydrogen (secondary N) is 1. The van der Waals surface area contributed by atoms with Gasteiger partial charge in [-0.05, 0) is 19.4 Å². The molecule has 3 rings (SSSR count). The Hall–Kier alpha value is -1.20. The quantitative estimate of drug-likeness (QED) is 0.883. The van der Waals surface area contributed by atoms with Crippen molar-refractivity contribution < 1.29 is 0 Å². The Labute approximate surface area is 105 Å². The van der Waals surface area contributed by atoms with Gasteiger partial charge in [-0.1, -0.05) is 6.92 Å². The van der Waals surface area contributed by atoms with Crippen LogP contribution < -0.4 is 5.32 Å². The van der Waals surface area contributed by atoms with Gasteiger partial charge < -0.3 is 9.88 Å². The van der Waals surface area contributed by atoms with Crippen LogP contribution in [0.4, 0.5) is 0 Å². The highest BCUT2D eigenvalue weighted by molar-refractivity contribution is 7.09. The van der Waals surface area contributed by atoms with Gasteiger partial charge in [-0.15, -0.1) is 11.3 Å². The zero-order valence-corrected chi connectivity index (χ0v) is 10.7. The maximum atomic E-state index is 4.43. The zero-order chi connectivity index (χ0) is 11.7. The molecule has 2 aromatic heterocycles. The molecule has 0 amide bonds. The lowest BCUT2D eigenvalue weighted by Crippen LogP contribution is -2.24. The van der Waals surface area contributed by atoms with Crippen LogP contribution in [0.1, 0.15) is 42.6 Å². The highest BCUT2D eigenvalue weighted by Gasteiger charge is 2.29. The molecule has 90 valence electrons. The monoisotopic (exact) mass is 248 g/mol. The van der Waals surface area contributed by atoms with Crippen LogP contribution >= 0.6 is 11.3 Å². The molecule has 0 aromatic carbocycles. The summed E-state index contributed by atoms with van der Waals surface area (Å²) in [6.45, 7) is 3.05. The van der Waals surface area contributed by atoms with Crippen LogP contribution in [0, 0.1) is 0 Å². The van der Waals surface area contributed by atoms with Crippen molar-refractivity contribution in [2.24, 2.45) is 0 Å². The Balaban J connectivity index is 1.94. The molecule has 1 aliphatic carbocycles. The number of thiazole rings is 1. The van der Waals surface area contributed by atoms with Crippen LogP contribution in [0.2, 0.25) is 0 Å². The standard InChI is InChI=1S/C12H16N4S/c1-2-14-11(12-15-5-6-17-12)10-7-13-8-16(10)9-3-4-9/h5-9,11,14H,2-4H2,1H3. The summed E-state index contributed by atoms with van der Waals surface area (Å²) < 4.78 is 2.30. The van der Waals surface area contributed by atoms with Gasteiger partial charge >= 0.3 is 0 Å². The van der Waals surface area contributed by atoms with E-state index >= 15 is 0 Å². The summed E-state index contributed by atoms with van der Waals surface area (Å²) in [5.74, 6) is 0. The Morgan fingerprint density at radius 2 is 2.47 bits per heavy atom. The van der Waals surface area contributed by atoms with Crippen LogP contribution in [0.5, 0.6) is 0 Å². The first kappa shape index (κ1) is 10.9. The summed E-state index contributed by atoms with van der Waals surface area (Å²) in [7, 11) is 0. The second-order valence-corrected chi connectivity index (χ2v) is 5.24. The lowest BCUT2D eigenvalue weighted by Gasteiger charge is -2.17. The average molecular weight is 248 g/mol. The maximum Gasteiger partial charge on any atom is 0.116 e. The second kappa shape index (κ2) is 4.58. The summed E-state index contributed by atoms with van der Waals surface area (Å²) in [4.78, 5) is 8.72. The van der Waals surface area contributed by atoms with Gasteiger partial charge in [0.1, 0.15) is 11.0 Å². The number of hydrogen-bond acceptors (Lipinski definition) is 4. The van der Waals surface area contributed by atoms with Crippen molar-refractivity contribution in [2.45, 2.75) is 31.8 Å². The fourth-order valence-electron chi connectivity index (χ4n) is 2.10. The van der Waals surface area contributed by atoms with E-state index in [2.05, 4.69) is 26.8 Å². The summed E-state index contributed by atoms with van der Waals surface area (Å²) in [6, 6.07) is 0.844. The van der Waals surface area contributed by atoms with Crippen LogP contribution in [-0.4, -0.2) is 21.1 Å². The van der Waals surface area contributed by atoms with Crippen molar-refractivity contribution in [2.75, 3.05) is 6.54 Å². The smallest absolute Gasteiger partial charge is 0.116 e. The van der Waals surface area contributed by atoms with Gasteiger partial charge in [0.05, 0.1) is 18.2 Å². The molecule has 2 aromatic rings. The number of aromatic nitrogens is 3. The molecule has 0 spiro atoms. The van der Waals surface area contributed by atoms with E-state index in [1.807, 2.05) is 24.1 Å². The number of hydrogen-bond donors (Lipinski definition) is 1. The second-order valence-electron chi connectivity index (χ2n) is 4.32. The molecule has 1 fully saturated rings. The molecule has 4 nitrogen and oxygen atoms in total. The van der Waals surface area contributed by atoms with Crippen LogP contribution in [0.3, 0.4) is 0 Å². The normalized spacial score (nSPS) is 17.2. The fraction of sp³-hybridized carbons (Fsp3) is 0.500. The van der Waals surface area contributed by atoms with E-state index in [0.29, 0.717) is 6.04 Å². The van der Waals surface area contributed by atoms with Crippen molar-refractivity contribution in [1.82, 2.24) is 19.9 Å². The Morgan fingerprint density at radius 1 is 1.59 bits per heavy atom. The SMILES string of the molecule is CCNC(c1nccs1)c1cncn1C1CC1. The largest absolute Gasteiger partial charge is 0.330 e. The Kier molecular flexibility index (Phi) is 2.94. The third-order valence-corrected chi connectivity index (χ3v) is 3.88. The van der Waals surface area contributed by atoms with E-state index in [9.17, 15) is 0 Å². The molecule has 1 aliphatic rings. The summed E-state index contributed by atoms with van der Waals surface area (Å²) in [5, 5.41) is 6.64. The lowest BCUT2D eigenvalue weighted by atomic mass is 10.2. The molecular formula is C12H16N4S. The van der Waals surface area contributed by atoms with Crippen molar-refractivity contribution in [3.63, 3.8) is 0 Å². The van der Waals surface area contributed by atoms with Crippen molar-refractivity contribution in [3.05, 3.63) is 34.8 Å². The van der Waals surface area contributed by atoms with Gasteiger partial charge in [-0.2, -0.15) is 0 Å². The molecule has 1 saturated carbocycles. The molecule has 5 heteroatoms. The van der Waals surface area contributed by atoms with Crippen LogP contribution in [0.15, 0.2) is 24.1 Å². The third kappa shape index (κ3) is 2.12. The predicted molar refractivity (Wildman–Crippen MR) is 68.1 cm³/mol. The highest BCUT2D eigenvalue weighted by atomic mass is 32.1. The molecule has 0 radical (unpaired) electrons. The lowest BCUT2D eigenvalue weighted by molar-refractivity contribution is 0.567. The molecular weight excluding hydrogens is 232 g/mol. The van der Waals surface area contributed by atoms with Gasteiger partial charge in [0, 0.05) is 17.6 Å². The summed E-state index contributed by atoms with van der Waals surface area (Å²) in [5.41, 5.74) is 1.24. The molecule has 0 saturated heterocycles. The van der Waals surface area contributed by atoms with Crippen molar-refractivity contribution in [1.29, 1.82) is 0 Å². The minimum Gasteiger partial charge on any atom is -0.330 e. The summed E-state index contributed by atoms with van der Waals surface area (Å²) in [6.07, 6.45) is 8.33. The van der Waals surface area contributed by atoms with Gasteiger partial charge in [-0.3, -0.25) is 0 Å².